The predicted octanol–water partition coefficient (Wildman–Crippen LogP) is 2.16. The van der Waals surface area contributed by atoms with Crippen LogP contribution >= 0.6 is 22.9 Å². The molecule has 1 atom stereocenters. The third kappa shape index (κ3) is 3.09. The Morgan fingerprint density at radius 3 is 2.88 bits per heavy atom. The Kier molecular flexibility index (Phi) is 3.83. The number of carbonyl (C=O) groups excluding carboxylic acids is 1. The quantitative estimate of drug-likeness (QED) is 0.875. The van der Waals surface area contributed by atoms with E-state index in [1.807, 2.05) is 18.2 Å². The summed E-state index contributed by atoms with van der Waals surface area (Å²) >= 11 is 7.33. The minimum absolute atomic E-state index is 0.0842. The molecule has 0 aromatic carbocycles. The Hall–Kier alpha value is -1.30. The summed E-state index contributed by atoms with van der Waals surface area (Å²) in [6.07, 6.45) is 1.59. The fourth-order valence-corrected chi connectivity index (χ4v) is 2.63. The number of carbonyl (C=O) groups is 1. The maximum Gasteiger partial charge on any atom is 0.231 e. The molecule has 0 saturated heterocycles. The van der Waals surface area contributed by atoms with E-state index in [4.69, 9.17) is 21.8 Å². The van der Waals surface area contributed by atoms with E-state index in [1.54, 1.807) is 12.3 Å². The highest BCUT2D eigenvalue weighted by molar-refractivity contribution is 7.16. The molecule has 0 radical (unpaired) electrons. The SMILES string of the molecule is NC(=O)CNC(c1ccco1)c1ccc(Cl)s1. The van der Waals surface area contributed by atoms with E-state index in [2.05, 4.69) is 5.32 Å². The van der Waals surface area contributed by atoms with Crippen LogP contribution in [-0.4, -0.2) is 12.5 Å². The Bertz CT molecular complexity index is 495. The van der Waals surface area contributed by atoms with Gasteiger partial charge in [-0.15, -0.1) is 11.3 Å². The van der Waals surface area contributed by atoms with Crippen molar-refractivity contribution in [2.45, 2.75) is 6.04 Å². The molecule has 1 unspecified atom stereocenters. The van der Waals surface area contributed by atoms with Gasteiger partial charge in [0, 0.05) is 4.88 Å². The molecule has 2 heterocycles. The third-order valence-corrected chi connectivity index (χ3v) is 3.48. The molecule has 90 valence electrons. The fourth-order valence-electron chi connectivity index (χ4n) is 1.48. The normalized spacial score (nSPS) is 12.5. The summed E-state index contributed by atoms with van der Waals surface area (Å²) in [6, 6.07) is 7.14. The zero-order valence-corrected chi connectivity index (χ0v) is 10.4. The van der Waals surface area contributed by atoms with Gasteiger partial charge in [-0.2, -0.15) is 0 Å². The Morgan fingerprint density at radius 1 is 1.53 bits per heavy atom. The first-order chi connectivity index (χ1) is 8.16. The lowest BCUT2D eigenvalue weighted by atomic mass is 10.2. The van der Waals surface area contributed by atoms with Gasteiger partial charge < -0.3 is 10.2 Å². The summed E-state index contributed by atoms with van der Waals surface area (Å²) < 4.78 is 6.03. The van der Waals surface area contributed by atoms with Crippen molar-refractivity contribution in [2.75, 3.05) is 6.54 Å². The largest absolute Gasteiger partial charge is 0.467 e. The number of furan rings is 1. The van der Waals surface area contributed by atoms with Crippen LogP contribution in [0.1, 0.15) is 16.7 Å². The van der Waals surface area contributed by atoms with Crippen molar-refractivity contribution in [1.82, 2.24) is 5.32 Å². The van der Waals surface area contributed by atoms with Gasteiger partial charge in [0.2, 0.25) is 5.91 Å². The highest BCUT2D eigenvalue weighted by Gasteiger charge is 2.18. The van der Waals surface area contributed by atoms with E-state index >= 15 is 0 Å². The highest BCUT2D eigenvalue weighted by Crippen LogP contribution is 2.31. The van der Waals surface area contributed by atoms with Gasteiger partial charge >= 0.3 is 0 Å². The summed E-state index contributed by atoms with van der Waals surface area (Å²) in [6.45, 7) is 0.0842. The van der Waals surface area contributed by atoms with Gasteiger partial charge in [0.15, 0.2) is 0 Å². The van der Waals surface area contributed by atoms with Crippen molar-refractivity contribution in [1.29, 1.82) is 0 Å². The second-order valence-electron chi connectivity index (χ2n) is 3.44. The molecule has 2 rings (SSSR count). The number of nitrogens with two attached hydrogens (primary N) is 1. The van der Waals surface area contributed by atoms with E-state index in [0.717, 1.165) is 10.6 Å². The smallest absolute Gasteiger partial charge is 0.231 e. The summed E-state index contributed by atoms with van der Waals surface area (Å²) in [5.74, 6) is 0.314. The lowest BCUT2D eigenvalue weighted by Gasteiger charge is -2.13. The van der Waals surface area contributed by atoms with Crippen molar-refractivity contribution in [3.05, 3.63) is 45.5 Å². The monoisotopic (exact) mass is 270 g/mol. The molecular weight excluding hydrogens is 260 g/mol. The van der Waals surface area contributed by atoms with E-state index in [-0.39, 0.29) is 12.6 Å². The lowest BCUT2D eigenvalue weighted by molar-refractivity contribution is -0.117. The number of rotatable bonds is 5. The molecule has 0 bridgehead atoms. The van der Waals surface area contributed by atoms with Crippen LogP contribution in [0.5, 0.6) is 0 Å². The minimum Gasteiger partial charge on any atom is -0.467 e. The number of amides is 1. The molecule has 0 aliphatic heterocycles. The van der Waals surface area contributed by atoms with E-state index in [0.29, 0.717) is 4.34 Å². The van der Waals surface area contributed by atoms with Crippen molar-refractivity contribution in [2.24, 2.45) is 5.73 Å². The van der Waals surface area contributed by atoms with Crippen LogP contribution in [-0.2, 0) is 4.79 Å². The van der Waals surface area contributed by atoms with Crippen molar-refractivity contribution >= 4 is 28.8 Å². The number of nitrogens with one attached hydrogen (secondary N) is 1. The van der Waals surface area contributed by atoms with Crippen LogP contribution in [0.15, 0.2) is 34.9 Å². The van der Waals surface area contributed by atoms with Crippen LogP contribution in [0.2, 0.25) is 4.34 Å². The summed E-state index contributed by atoms with van der Waals surface area (Å²) in [7, 11) is 0. The average Bonchev–Trinajstić information content (AvgIpc) is 2.90. The summed E-state index contributed by atoms with van der Waals surface area (Å²) in [4.78, 5) is 11.8. The van der Waals surface area contributed by atoms with Gasteiger partial charge in [-0.1, -0.05) is 11.6 Å². The number of thiophene rings is 1. The zero-order chi connectivity index (χ0) is 12.3. The summed E-state index contributed by atoms with van der Waals surface area (Å²) in [5.41, 5.74) is 5.12. The van der Waals surface area contributed by atoms with Gasteiger partial charge in [-0.25, -0.2) is 0 Å². The Morgan fingerprint density at radius 2 is 2.35 bits per heavy atom. The Balaban J connectivity index is 2.21. The molecule has 4 nitrogen and oxygen atoms in total. The highest BCUT2D eigenvalue weighted by atomic mass is 35.5. The summed E-state index contributed by atoms with van der Waals surface area (Å²) in [5, 5.41) is 3.03. The average molecular weight is 271 g/mol. The van der Waals surface area contributed by atoms with Gasteiger partial charge in [-0.05, 0) is 24.3 Å². The minimum atomic E-state index is -0.413. The molecule has 0 aliphatic carbocycles. The van der Waals surface area contributed by atoms with Crippen molar-refractivity contribution < 1.29 is 9.21 Å². The van der Waals surface area contributed by atoms with Gasteiger partial charge in [0.05, 0.1) is 17.1 Å². The second kappa shape index (κ2) is 5.35. The van der Waals surface area contributed by atoms with Crippen LogP contribution in [0.4, 0.5) is 0 Å². The van der Waals surface area contributed by atoms with Crippen LogP contribution in [0.25, 0.3) is 0 Å². The molecule has 0 saturated carbocycles. The molecule has 17 heavy (non-hydrogen) atoms. The molecule has 0 spiro atoms. The Labute approximate surface area is 107 Å². The molecule has 6 heteroatoms. The predicted molar refractivity (Wildman–Crippen MR) is 67.1 cm³/mol. The molecule has 2 aromatic rings. The van der Waals surface area contributed by atoms with Gasteiger partial charge in [0.1, 0.15) is 11.8 Å². The number of halogens is 1. The second-order valence-corrected chi connectivity index (χ2v) is 5.18. The molecule has 2 aromatic heterocycles. The maximum atomic E-state index is 10.8. The van der Waals surface area contributed by atoms with Crippen molar-refractivity contribution in [3.8, 4) is 0 Å². The van der Waals surface area contributed by atoms with Crippen LogP contribution < -0.4 is 11.1 Å². The fraction of sp³-hybridized carbons (Fsp3) is 0.182. The standard InChI is InChI=1S/C11H11ClN2O2S/c12-9-4-3-8(17-9)11(14-6-10(13)15)7-2-1-5-16-7/h1-5,11,14H,6H2,(H2,13,15). The first-order valence-electron chi connectivity index (χ1n) is 4.97. The van der Waals surface area contributed by atoms with E-state index < -0.39 is 5.91 Å². The first kappa shape index (κ1) is 12.2. The molecule has 0 fully saturated rings. The van der Waals surface area contributed by atoms with Gasteiger partial charge in [0.25, 0.3) is 0 Å². The number of hydrogen-bond acceptors (Lipinski definition) is 4. The zero-order valence-electron chi connectivity index (χ0n) is 8.85. The van der Waals surface area contributed by atoms with Crippen LogP contribution in [0, 0.1) is 0 Å². The van der Waals surface area contributed by atoms with Crippen molar-refractivity contribution in [3.63, 3.8) is 0 Å². The molecule has 3 N–H and O–H groups in total. The maximum absolute atomic E-state index is 10.8. The van der Waals surface area contributed by atoms with E-state index in [1.165, 1.54) is 11.3 Å². The first-order valence-corrected chi connectivity index (χ1v) is 6.16. The van der Waals surface area contributed by atoms with Gasteiger partial charge in [-0.3, -0.25) is 10.1 Å². The third-order valence-electron chi connectivity index (χ3n) is 2.19. The molecule has 1 amide bonds. The van der Waals surface area contributed by atoms with E-state index in [9.17, 15) is 4.79 Å². The molecule has 0 aliphatic rings. The molecular formula is C11H11ClN2O2S. The topological polar surface area (TPSA) is 68.3 Å². The number of primary amides is 1. The lowest BCUT2D eigenvalue weighted by Crippen LogP contribution is -2.31. The number of hydrogen-bond donors (Lipinski definition) is 2. The van der Waals surface area contributed by atoms with Crippen LogP contribution in [0.3, 0.4) is 0 Å².